The van der Waals surface area contributed by atoms with Crippen LogP contribution in [0.5, 0.6) is 5.75 Å². The molecule has 3 aromatic carbocycles. The van der Waals surface area contributed by atoms with E-state index in [0.29, 0.717) is 5.56 Å². The van der Waals surface area contributed by atoms with Gasteiger partial charge >= 0.3 is 5.97 Å². The van der Waals surface area contributed by atoms with Crippen LogP contribution in [0.4, 0.5) is 0 Å². The first-order valence-electron chi connectivity index (χ1n) is 13.4. The van der Waals surface area contributed by atoms with Crippen molar-refractivity contribution >= 4 is 34.6 Å². The van der Waals surface area contributed by atoms with Gasteiger partial charge in [-0.3, -0.25) is 14.4 Å². The number of para-hydroxylation sites is 1. The quantitative estimate of drug-likeness (QED) is 0.126. The number of rotatable bonds is 13. The molecule has 0 aliphatic rings. The zero-order valence-corrected chi connectivity index (χ0v) is 22.7. The Hall–Kier alpha value is -5.16. The molecule has 0 saturated heterocycles. The molecule has 8 N–H and O–H groups in total. The fourth-order valence-corrected chi connectivity index (χ4v) is 4.57. The average Bonchev–Trinajstić information content (AvgIpc) is 3.39. The molecule has 3 atom stereocenters. The average molecular weight is 572 g/mol. The topological polar surface area (TPSA) is 187 Å². The van der Waals surface area contributed by atoms with Crippen molar-refractivity contribution in [2.75, 3.05) is 6.54 Å². The summed E-state index contributed by atoms with van der Waals surface area (Å²) in [6.07, 6.45) is 2.15. The molecule has 4 aromatic rings. The smallest absolute Gasteiger partial charge is 0.326 e. The number of fused-ring (bicyclic) bond motifs is 1. The number of nitrogens with one attached hydrogen (secondary N) is 4. The van der Waals surface area contributed by atoms with Crippen molar-refractivity contribution in [2.45, 2.75) is 37.4 Å². The molecule has 0 bridgehead atoms. The number of amides is 3. The molecule has 1 aromatic heterocycles. The molecule has 0 radical (unpaired) electrons. The SMILES string of the molecule is NC(Cc1c[nH]c2ccccc12)C(=O)NC(Cc1ccc(O)cc1)C(=O)NCC(=O)NC(Cc1ccccc1)C(=O)O. The second-order valence-corrected chi connectivity index (χ2v) is 9.97. The van der Waals surface area contributed by atoms with Crippen LogP contribution in [-0.4, -0.2) is 63.6 Å². The number of hydrogen-bond acceptors (Lipinski definition) is 6. The number of benzene rings is 3. The first-order valence-corrected chi connectivity index (χ1v) is 13.4. The molecule has 0 aliphatic carbocycles. The van der Waals surface area contributed by atoms with Gasteiger partial charge in [-0.1, -0.05) is 60.7 Å². The van der Waals surface area contributed by atoms with Gasteiger partial charge in [0, 0.05) is 29.9 Å². The monoisotopic (exact) mass is 571 g/mol. The fraction of sp³-hybridized carbons (Fsp3) is 0.226. The number of aromatic hydroxyl groups is 1. The summed E-state index contributed by atoms with van der Waals surface area (Å²) in [5.41, 5.74) is 9.37. The summed E-state index contributed by atoms with van der Waals surface area (Å²) in [6, 6.07) is 19.4. The Labute approximate surface area is 242 Å². The minimum atomic E-state index is -1.21. The number of H-pyrrole nitrogens is 1. The van der Waals surface area contributed by atoms with E-state index in [0.717, 1.165) is 22.0 Å². The van der Waals surface area contributed by atoms with Crippen LogP contribution >= 0.6 is 0 Å². The number of aromatic amines is 1. The molecule has 3 amide bonds. The zero-order chi connectivity index (χ0) is 30.1. The number of carboxylic acids is 1. The van der Waals surface area contributed by atoms with Crippen LogP contribution < -0.4 is 21.7 Å². The van der Waals surface area contributed by atoms with Crippen molar-refractivity contribution in [1.29, 1.82) is 0 Å². The lowest BCUT2D eigenvalue weighted by Gasteiger charge is -2.21. The molecular formula is C31H33N5O6. The molecule has 3 unspecified atom stereocenters. The summed E-state index contributed by atoms with van der Waals surface area (Å²) >= 11 is 0. The van der Waals surface area contributed by atoms with E-state index in [2.05, 4.69) is 20.9 Å². The summed E-state index contributed by atoms with van der Waals surface area (Å²) in [6.45, 7) is -0.499. The molecule has 0 spiro atoms. The number of carbonyl (C=O) groups is 4. The third-order valence-electron chi connectivity index (χ3n) is 6.80. The second-order valence-electron chi connectivity index (χ2n) is 9.97. The van der Waals surface area contributed by atoms with Crippen molar-refractivity contribution in [2.24, 2.45) is 5.73 Å². The molecule has 4 rings (SSSR count). The zero-order valence-electron chi connectivity index (χ0n) is 22.7. The van der Waals surface area contributed by atoms with Crippen LogP contribution in [0.15, 0.2) is 85.1 Å². The summed E-state index contributed by atoms with van der Waals surface area (Å²) in [7, 11) is 0. The normalized spacial score (nSPS) is 13.1. The van der Waals surface area contributed by atoms with Gasteiger partial charge in [0.05, 0.1) is 12.6 Å². The number of carboxylic acid groups (broad SMARTS) is 1. The Morgan fingerprint density at radius 2 is 1.40 bits per heavy atom. The van der Waals surface area contributed by atoms with Crippen LogP contribution in [0.25, 0.3) is 10.9 Å². The summed E-state index contributed by atoms with van der Waals surface area (Å²) in [5, 5.41) is 27.7. The molecule has 11 nitrogen and oxygen atoms in total. The lowest BCUT2D eigenvalue weighted by molar-refractivity contribution is -0.141. The predicted octanol–water partition coefficient (Wildman–Crippen LogP) is 1.40. The maximum atomic E-state index is 13.2. The third kappa shape index (κ3) is 8.18. The molecule has 0 aliphatic heterocycles. The van der Waals surface area contributed by atoms with Crippen LogP contribution in [0.1, 0.15) is 16.7 Å². The van der Waals surface area contributed by atoms with Gasteiger partial charge in [0.15, 0.2) is 0 Å². The standard InChI is InChI=1S/C31H33N5O6/c32-24(16-21-17-33-25-9-5-4-8-23(21)25)29(39)36-26(14-20-10-12-22(37)13-11-20)30(40)34-18-28(38)35-27(31(41)42)15-19-6-2-1-3-7-19/h1-13,17,24,26-27,33,37H,14-16,18,32H2,(H,34,40)(H,35,38)(H,36,39)(H,41,42). The maximum absolute atomic E-state index is 13.2. The van der Waals surface area contributed by atoms with E-state index in [1.165, 1.54) is 12.1 Å². The van der Waals surface area contributed by atoms with E-state index >= 15 is 0 Å². The maximum Gasteiger partial charge on any atom is 0.326 e. The summed E-state index contributed by atoms with van der Waals surface area (Å²) < 4.78 is 0. The minimum absolute atomic E-state index is 0.0460. The first kappa shape index (κ1) is 29.8. The Kier molecular flexibility index (Phi) is 9.90. The highest BCUT2D eigenvalue weighted by Gasteiger charge is 2.26. The van der Waals surface area contributed by atoms with Gasteiger partial charge in [-0.2, -0.15) is 0 Å². The van der Waals surface area contributed by atoms with Gasteiger partial charge in [0.25, 0.3) is 0 Å². The number of phenols is 1. The van der Waals surface area contributed by atoms with E-state index in [4.69, 9.17) is 5.73 Å². The predicted molar refractivity (Wildman–Crippen MR) is 156 cm³/mol. The summed E-state index contributed by atoms with van der Waals surface area (Å²) in [4.78, 5) is 53.7. The Bertz CT molecular complexity index is 1540. The highest BCUT2D eigenvalue weighted by atomic mass is 16.4. The van der Waals surface area contributed by atoms with Crippen LogP contribution in [0.3, 0.4) is 0 Å². The van der Waals surface area contributed by atoms with Crippen molar-refractivity contribution in [3.05, 3.63) is 102 Å². The lowest BCUT2D eigenvalue weighted by Crippen LogP contribution is -2.54. The van der Waals surface area contributed by atoms with E-state index in [1.807, 2.05) is 24.3 Å². The molecule has 0 saturated carbocycles. The molecule has 218 valence electrons. The number of hydrogen-bond donors (Lipinski definition) is 7. The lowest BCUT2D eigenvalue weighted by atomic mass is 10.0. The fourth-order valence-electron chi connectivity index (χ4n) is 4.57. The van der Waals surface area contributed by atoms with E-state index in [1.54, 1.807) is 48.7 Å². The van der Waals surface area contributed by atoms with Crippen molar-refractivity contribution < 1.29 is 29.4 Å². The van der Waals surface area contributed by atoms with Crippen LogP contribution in [0, 0.1) is 0 Å². The third-order valence-corrected chi connectivity index (χ3v) is 6.80. The van der Waals surface area contributed by atoms with Crippen molar-refractivity contribution in [1.82, 2.24) is 20.9 Å². The Morgan fingerprint density at radius 3 is 2.12 bits per heavy atom. The van der Waals surface area contributed by atoms with Gasteiger partial charge in [-0.25, -0.2) is 4.79 Å². The summed E-state index contributed by atoms with van der Waals surface area (Å²) in [5.74, 6) is -3.07. The van der Waals surface area contributed by atoms with Crippen molar-refractivity contribution in [3.63, 3.8) is 0 Å². The highest BCUT2D eigenvalue weighted by molar-refractivity contribution is 5.93. The number of carbonyl (C=O) groups excluding carboxylic acids is 3. The van der Waals surface area contributed by atoms with Gasteiger partial charge in [-0.15, -0.1) is 0 Å². The minimum Gasteiger partial charge on any atom is -0.508 e. The molecular weight excluding hydrogens is 538 g/mol. The van der Waals surface area contributed by atoms with Gasteiger partial charge in [0.2, 0.25) is 17.7 Å². The second kappa shape index (κ2) is 14.0. The van der Waals surface area contributed by atoms with Gasteiger partial charge in [0.1, 0.15) is 17.8 Å². The Balaban J connectivity index is 1.39. The molecule has 42 heavy (non-hydrogen) atoms. The number of aromatic nitrogens is 1. The largest absolute Gasteiger partial charge is 0.508 e. The number of aliphatic carboxylic acids is 1. The van der Waals surface area contributed by atoms with Crippen molar-refractivity contribution in [3.8, 4) is 5.75 Å². The highest BCUT2D eigenvalue weighted by Crippen LogP contribution is 2.19. The van der Waals surface area contributed by atoms with E-state index < -0.39 is 48.4 Å². The van der Waals surface area contributed by atoms with Crippen LogP contribution in [0.2, 0.25) is 0 Å². The van der Waals surface area contributed by atoms with E-state index in [9.17, 15) is 29.4 Å². The molecule has 0 fully saturated rings. The van der Waals surface area contributed by atoms with Gasteiger partial charge in [-0.05, 0) is 41.3 Å². The molecule has 11 heteroatoms. The first-order chi connectivity index (χ1) is 20.2. The number of nitrogens with two attached hydrogens (primary N) is 1. The van der Waals surface area contributed by atoms with E-state index in [-0.39, 0.29) is 25.0 Å². The van der Waals surface area contributed by atoms with Crippen LogP contribution in [-0.2, 0) is 38.4 Å². The number of phenolic OH excluding ortho intramolecular Hbond substituents is 1. The Morgan fingerprint density at radius 1 is 0.762 bits per heavy atom. The van der Waals surface area contributed by atoms with Gasteiger partial charge < -0.3 is 36.9 Å². The molecule has 1 heterocycles.